The molecule has 11 heteroatoms. The predicted molar refractivity (Wildman–Crippen MR) is 123 cm³/mol. The van der Waals surface area contributed by atoms with E-state index in [0.717, 1.165) is 16.7 Å². The minimum atomic E-state index is -3.85. The number of amides is 1. The van der Waals surface area contributed by atoms with Gasteiger partial charge in [-0.05, 0) is 56.0 Å². The summed E-state index contributed by atoms with van der Waals surface area (Å²) in [5.41, 5.74) is 8.39. The van der Waals surface area contributed by atoms with Gasteiger partial charge in [-0.2, -0.15) is 10.2 Å². The fourth-order valence-electron chi connectivity index (χ4n) is 3.99. The molecule has 3 N–H and O–H groups in total. The largest absolute Gasteiger partial charge is 0.490 e. The van der Waals surface area contributed by atoms with Gasteiger partial charge in [0.2, 0.25) is 21.8 Å². The molecule has 1 atom stereocenters. The molecule has 0 bridgehead atoms. The van der Waals surface area contributed by atoms with Crippen LogP contribution in [-0.4, -0.2) is 36.3 Å². The molecule has 1 heterocycles. The van der Waals surface area contributed by atoms with Crippen LogP contribution in [0.4, 0.5) is 0 Å². The lowest BCUT2D eigenvalue weighted by Crippen LogP contribution is -2.35. The topological polar surface area (TPSA) is 161 Å². The Hall–Kier alpha value is -3.75. The van der Waals surface area contributed by atoms with E-state index in [1.807, 2.05) is 26.0 Å². The van der Waals surface area contributed by atoms with Crippen molar-refractivity contribution in [2.24, 2.45) is 5.73 Å². The summed E-state index contributed by atoms with van der Waals surface area (Å²) in [5, 5.41) is 13.6. The first-order valence-corrected chi connectivity index (χ1v) is 12.3. The molecule has 1 amide bonds. The number of benzene rings is 2. The molecule has 2 aromatic carbocycles. The molecular formula is C23H23N5O5S. The minimum absolute atomic E-state index is 0.0720. The van der Waals surface area contributed by atoms with Crippen LogP contribution in [0.25, 0.3) is 22.8 Å². The second-order valence-corrected chi connectivity index (χ2v) is 9.97. The number of ether oxygens (including phenoxy) is 1. The summed E-state index contributed by atoms with van der Waals surface area (Å²) in [6, 6.07) is 12.2. The number of nitrogens with one attached hydrogen (secondary N) is 1. The molecule has 1 unspecified atom stereocenters. The zero-order valence-electron chi connectivity index (χ0n) is 18.6. The number of nitrogens with two attached hydrogens (primary N) is 1. The molecule has 0 aliphatic heterocycles. The fourth-order valence-corrected chi connectivity index (χ4v) is 5.13. The summed E-state index contributed by atoms with van der Waals surface area (Å²) in [5.74, 6) is -0.599. The highest BCUT2D eigenvalue weighted by molar-refractivity contribution is 7.90. The molecule has 1 aliphatic rings. The number of carbonyl (C=O) groups is 1. The molecule has 10 nitrogen and oxygen atoms in total. The van der Waals surface area contributed by atoms with E-state index in [2.05, 4.69) is 20.9 Å². The third-order valence-corrected chi connectivity index (χ3v) is 6.61. The maximum atomic E-state index is 12.2. The summed E-state index contributed by atoms with van der Waals surface area (Å²) < 4.78 is 38.0. The minimum Gasteiger partial charge on any atom is -0.490 e. The van der Waals surface area contributed by atoms with Crippen LogP contribution in [0.3, 0.4) is 0 Å². The van der Waals surface area contributed by atoms with Crippen LogP contribution in [0.5, 0.6) is 5.75 Å². The predicted octanol–water partition coefficient (Wildman–Crippen LogP) is 2.45. The highest BCUT2D eigenvalue weighted by Gasteiger charge is 2.30. The van der Waals surface area contributed by atoms with Gasteiger partial charge in [0.1, 0.15) is 17.6 Å². The second kappa shape index (κ2) is 9.24. The summed E-state index contributed by atoms with van der Waals surface area (Å²) >= 11 is 0. The van der Waals surface area contributed by atoms with E-state index >= 15 is 0 Å². The Balaban J connectivity index is 1.62. The number of carbonyl (C=O) groups excluding carboxylic acids is 1. The first kappa shape index (κ1) is 23.4. The van der Waals surface area contributed by atoms with Crippen LogP contribution in [0.2, 0.25) is 0 Å². The van der Waals surface area contributed by atoms with Crippen LogP contribution < -0.4 is 15.2 Å². The maximum Gasteiger partial charge on any atom is 0.258 e. The highest BCUT2D eigenvalue weighted by atomic mass is 32.2. The van der Waals surface area contributed by atoms with Gasteiger partial charge >= 0.3 is 0 Å². The summed E-state index contributed by atoms with van der Waals surface area (Å²) in [4.78, 5) is 15.6. The number of fused-ring (bicyclic) bond motifs is 1. The summed E-state index contributed by atoms with van der Waals surface area (Å²) in [6.45, 7) is 3.76. The van der Waals surface area contributed by atoms with Gasteiger partial charge in [-0.15, -0.1) is 0 Å². The number of rotatable bonds is 8. The van der Waals surface area contributed by atoms with Crippen LogP contribution in [-0.2, 0) is 21.2 Å². The molecule has 4 rings (SSSR count). The van der Waals surface area contributed by atoms with Gasteiger partial charge in [-0.1, -0.05) is 23.4 Å². The van der Waals surface area contributed by atoms with Crippen molar-refractivity contribution in [1.29, 1.82) is 5.26 Å². The normalized spacial score (nSPS) is 15.2. The zero-order valence-corrected chi connectivity index (χ0v) is 19.4. The van der Waals surface area contributed by atoms with Crippen LogP contribution in [0.15, 0.2) is 40.9 Å². The Labute approximate surface area is 196 Å². The zero-order chi connectivity index (χ0) is 24.5. The van der Waals surface area contributed by atoms with Crippen molar-refractivity contribution in [3.05, 3.63) is 53.1 Å². The smallest absolute Gasteiger partial charge is 0.258 e. The Morgan fingerprint density at radius 1 is 1.35 bits per heavy atom. The van der Waals surface area contributed by atoms with Crippen molar-refractivity contribution in [2.45, 2.75) is 38.8 Å². The molecule has 1 aliphatic carbocycles. The van der Waals surface area contributed by atoms with E-state index in [9.17, 15) is 18.5 Å². The Morgan fingerprint density at radius 2 is 2.15 bits per heavy atom. The van der Waals surface area contributed by atoms with E-state index in [0.29, 0.717) is 35.5 Å². The van der Waals surface area contributed by atoms with E-state index < -0.39 is 27.7 Å². The van der Waals surface area contributed by atoms with E-state index in [-0.39, 0.29) is 12.0 Å². The number of primary amides is 1. The van der Waals surface area contributed by atoms with Gasteiger partial charge in [0, 0.05) is 17.2 Å². The third-order valence-electron chi connectivity index (χ3n) is 5.30. The van der Waals surface area contributed by atoms with Crippen molar-refractivity contribution in [1.82, 2.24) is 14.9 Å². The van der Waals surface area contributed by atoms with Crippen molar-refractivity contribution in [3.8, 4) is 34.7 Å². The lowest BCUT2D eigenvalue weighted by Gasteiger charge is -2.14. The molecule has 0 spiro atoms. The van der Waals surface area contributed by atoms with Gasteiger partial charge in [0.15, 0.2) is 0 Å². The van der Waals surface area contributed by atoms with Crippen molar-refractivity contribution >= 4 is 15.9 Å². The monoisotopic (exact) mass is 481 g/mol. The Kier molecular flexibility index (Phi) is 6.37. The van der Waals surface area contributed by atoms with Gasteiger partial charge in [0.05, 0.1) is 11.7 Å². The molecule has 34 heavy (non-hydrogen) atoms. The SMILES string of the molecule is CC(C)Oc1ccc(-c2nc(-c3cccc4c3CCC4NS(=O)(=O)CC(N)=O)no2)cc1C#N. The van der Waals surface area contributed by atoms with E-state index in [1.165, 1.54) is 0 Å². The van der Waals surface area contributed by atoms with Crippen LogP contribution in [0, 0.1) is 11.3 Å². The lowest BCUT2D eigenvalue weighted by molar-refractivity contribution is -0.115. The van der Waals surface area contributed by atoms with Crippen LogP contribution in [0.1, 0.15) is 43.0 Å². The molecule has 0 fully saturated rings. The number of hydrogen-bond donors (Lipinski definition) is 2. The molecule has 1 aromatic heterocycles. The molecule has 0 radical (unpaired) electrons. The Morgan fingerprint density at radius 3 is 2.85 bits per heavy atom. The Bertz CT molecular complexity index is 1390. The maximum absolute atomic E-state index is 12.2. The molecule has 176 valence electrons. The van der Waals surface area contributed by atoms with Crippen LogP contribution >= 0.6 is 0 Å². The average Bonchev–Trinajstić information content (AvgIpc) is 3.40. The molecular weight excluding hydrogens is 458 g/mol. The van der Waals surface area contributed by atoms with Gasteiger partial charge in [-0.3, -0.25) is 4.79 Å². The molecule has 0 saturated heterocycles. The number of sulfonamides is 1. The first-order valence-electron chi connectivity index (χ1n) is 10.6. The average molecular weight is 482 g/mol. The second-order valence-electron chi connectivity index (χ2n) is 8.22. The van der Waals surface area contributed by atoms with Crippen molar-refractivity contribution in [3.63, 3.8) is 0 Å². The lowest BCUT2D eigenvalue weighted by atomic mass is 10.0. The van der Waals surface area contributed by atoms with E-state index in [1.54, 1.807) is 24.3 Å². The summed E-state index contributed by atoms with van der Waals surface area (Å²) in [6.07, 6.45) is 1.05. The van der Waals surface area contributed by atoms with Gasteiger partial charge in [-0.25, -0.2) is 13.1 Å². The number of nitriles is 1. The molecule has 3 aromatic rings. The number of hydrogen-bond acceptors (Lipinski definition) is 8. The third kappa shape index (κ3) is 4.93. The standard InChI is InChI=1S/C23H23N5O5S/c1-13(2)32-20-9-6-14(10-15(20)11-24)23-26-22(27-33-23)18-5-3-4-17-16(18)7-8-19(17)28-34(30,31)12-21(25)29/h3-6,9-10,13,19,28H,7-8,12H2,1-2H3,(H2,25,29). The fraction of sp³-hybridized carbons (Fsp3) is 0.304. The summed E-state index contributed by atoms with van der Waals surface area (Å²) in [7, 11) is -3.85. The molecule has 0 saturated carbocycles. The van der Waals surface area contributed by atoms with Gasteiger partial charge < -0.3 is 15.0 Å². The highest BCUT2D eigenvalue weighted by Crippen LogP contribution is 2.38. The van der Waals surface area contributed by atoms with Gasteiger partial charge in [0.25, 0.3) is 5.89 Å². The number of nitrogens with zero attached hydrogens (tertiary/aromatic N) is 3. The quantitative estimate of drug-likeness (QED) is 0.496. The number of aromatic nitrogens is 2. The van der Waals surface area contributed by atoms with E-state index in [4.69, 9.17) is 15.0 Å². The van der Waals surface area contributed by atoms with Crippen molar-refractivity contribution < 1.29 is 22.5 Å². The van der Waals surface area contributed by atoms with Crippen molar-refractivity contribution in [2.75, 3.05) is 5.75 Å². The first-order chi connectivity index (χ1) is 16.2.